The molecule has 28 heavy (non-hydrogen) atoms. The van der Waals surface area contributed by atoms with E-state index < -0.39 is 0 Å². The zero-order valence-corrected chi connectivity index (χ0v) is 17.9. The van der Waals surface area contributed by atoms with Crippen molar-refractivity contribution in [2.75, 3.05) is 46.5 Å². The first kappa shape index (κ1) is 22.5. The lowest BCUT2D eigenvalue weighted by molar-refractivity contribution is 0.172. The molecule has 0 spiro atoms. The van der Waals surface area contributed by atoms with Gasteiger partial charge in [-0.05, 0) is 50.4 Å². The van der Waals surface area contributed by atoms with Gasteiger partial charge in [-0.3, -0.25) is 0 Å². The summed E-state index contributed by atoms with van der Waals surface area (Å²) < 4.78 is 10.8. The summed E-state index contributed by atoms with van der Waals surface area (Å²) in [7, 11) is 1.71. The van der Waals surface area contributed by atoms with Gasteiger partial charge in [0.15, 0.2) is 5.96 Å². The van der Waals surface area contributed by atoms with Crippen LogP contribution in [-0.4, -0.2) is 63.4 Å². The number of methoxy groups -OCH3 is 1. The van der Waals surface area contributed by atoms with Gasteiger partial charge in [0.05, 0.1) is 13.2 Å². The highest BCUT2D eigenvalue weighted by Gasteiger charge is 2.19. The van der Waals surface area contributed by atoms with Gasteiger partial charge >= 0.3 is 0 Å². The maximum absolute atomic E-state index is 5.79. The molecule has 158 valence electrons. The molecule has 1 saturated heterocycles. The van der Waals surface area contributed by atoms with Crippen LogP contribution in [-0.2, 0) is 11.3 Å². The summed E-state index contributed by atoms with van der Waals surface area (Å²) >= 11 is 0. The quantitative estimate of drug-likeness (QED) is 0.346. The maximum atomic E-state index is 5.79. The largest absolute Gasteiger partial charge is 0.493 e. The summed E-state index contributed by atoms with van der Waals surface area (Å²) in [4.78, 5) is 7.35. The summed E-state index contributed by atoms with van der Waals surface area (Å²) in [5.74, 6) is 1.80. The van der Waals surface area contributed by atoms with Gasteiger partial charge in [-0.2, -0.15) is 0 Å². The van der Waals surface area contributed by atoms with E-state index in [4.69, 9.17) is 14.5 Å². The van der Waals surface area contributed by atoms with E-state index in [0.29, 0.717) is 19.2 Å². The molecular weight excluding hydrogens is 352 g/mol. The van der Waals surface area contributed by atoms with E-state index in [1.165, 1.54) is 38.9 Å². The molecule has 1 fully saturated rings. The van der Waals surface area contributed by atoms with E-state index in [9.17, 15) is 0 Å². The lowest BCUT2D eigenvalue weighted by Crippen LogP contribution is -2.48. The number of ether oxygens (including phenoxy) is 2. The van der Waals surface area contributed by atoms with Gasteiger partial charge in [0, 0.05) is 45.8 Å². The molecule has 6 heteroatoms. The Bertz CT molecular complexity index is 571. The lowest BCUT2D eigenvalue weighted by atomic mass is 10.1. The summed E-state index contributed by atoms with van der Waals surface area (Å²) in [6.07, 6.45) is 4.48. The zero-order chi connectivity index (χ0) is 20.0. The Hall–Kier alpha value is -1.79. The van der Waals surface area contributed by atoms with Crippen LogP contribution in [0.3, 0.4) is 0 Å². The predicted octanol–water partition coefficient (Wildman–Crippen LogP) is 3.03. The van der Waals surface area contributed by atoms with Crippen LogP contribution in [0.4, 0.5) is 0 Å². The number of likely N-dealkylation sites (tertiary alicyclic amines) is 1. The molecule has 0 amide bonds. The average Bonchev–Trinajstić information content (AvgIpc) is 2.72. The van der Waals surface area contributed by atoms with E-state index in [2.05, 4.69) is 41.5 Å². The highest BCUT2D eigenvalue weighted by Crippen LogP contribution is 2.15. The van der Waals surface area contributed by atoms with Crippen LogP contribution in [0.2, 0.25) is 0 Å². The second-order valence-electron chi connectivity index (χ2n) is 7.30. The van der Waals surface area contributed by atoms with Gasteiger partial charge < -0.3 is 25.0 Å². The van der Waals surface area contributed by atoms with Crippen LogP contribution in [0.15, 0.2) is 29.3 Å². The summed E-state index contributed by atoms with van der Waals surface area (Å²) in [5.41, 5.74) is 1.15. The molecule has 2 N–H and O–H groups in total. The number of nitrogens with one attached hydrogen (secondary N) is 2. The molecule has 0 bridgehead atoms. The first-order chi connectivity index (χ1) is 13.7. The van der Waals surface area contributed by atoms with Crippen molar-refractivity contribution in [3.05, 3.63) is 29.8 Å². The van der Waals surface area contributed by atoms with Crippen molar-refractivity contribution in [3.63, 3.8) is 0 Å². The van der Waals surface area contributed by atoms with Crippen LogP contribution in [0.5, 0.6) is 5.75 Å². The van der Waals surface area contributed by atoms with Gasteiger partial charge in [0.1, 0.15) is 5.75 Å². The van der Waals surface area contributed by atoms with E-state index in [-0.39, 0.29) is 0 Å². The van der Waals surface area contributed by atoms with Crippen molar-refractivity contribution in [2.45, 2.75) is 52.1 Å². The third kappa shape index (κ3) is 8.48. The number of hydrogen-bond donors (Lipinski definition) is 2. The Morgan fingerprint density at radius 1 is 1.21 bits per heavy atom. The number of nitrogens with zero attached hydrogens (tertiary/aromatic N) is 2. The predicted molar refractivity (Wildman–Crippen MR) is 116 cm³/mol. The molecule has 1 heterocycles. The fraction of sp³-hybridized carbons (Fsp3) is 0.682. The van der Waals surface area contributed by atoms with Crippen molar-refractivity contribution in [2.24, 2.45) is 4.99 Å². The van der Waals surface area contributed by atoms with Gasteiger partial charge in [0.2, 0.25) is 0 Å². The minimum atomic E-state index is 0.501. The number of aliphatic imine (C=N–C) groups is 1. The third-order valence-electron chi connectivity index (χ3n) is 4.89. The van der Waals surface area contributed by atoms with Crippen LogP contribution in [0.25, 0.3) is 0 Å². The first-order valence-electron chi connectivity index (χ1n) is 10.7. The topological polar surface area (TPSA) is 58.1 Å². The number of benzene rings is 1. The molecule has 1 aromatic carbocycles. The number of hydrogen-bond acceptors (Lipinski definition) is 4. The highest BCUT2D eigenvalue weighted by molar-refractivity contribution is 5.80. The van der Waals surface area contributed by atoms with E-state index >= 15 is 0 Å². The fourth-order valence-corrected chi connectivity index (χ4v) is 3.43. The Morgan fingerprint density at radius 2 is 2.04 bits per heavy atom. The molecule has 0 atom stereocenters. The summed E-state index contributed by atoms with van der Waals surface area (Å²) in [6.45, 7) is 10.8. The number of rotatable bonds is 11. The summed E-state index contributed by atoms with van der Waals surface area (Å²) in [5, 5.41) is 7.00. The molecular formula is C22H38N4O2. The summed E-state index contributed by atoms with van der Waals surface area (Å²) in [6, 6.07) is 8.69. The molecule has 0 radical (unpaired) electrons. The van der Waals surface area contributed by atoms with E-state index in [0.717, 1.165) is 36.8 Å². The minimum absolute atomic E-state index is 0.501. The van der Waals surface area contributed by atoms with Gasteiger partial charge in [-0.25, -0.2) is 4.99 Å². The number of guanidine groups is 1. The zero-order valence-electron chi connectivity index (χ0n) is 17.9. The average molecular weight is 391 g/mol. The molecule has 6 nitrogen and oxygen atoms in total. The maximum Gasteiger partial charge on any atom is 0.191 e. The molecule has 1 aliphatic heterocycles. The Kier molecular flexibility index (Phi) is 10.8. The Labute approximate surface area is 170 Å². The van der Waals surface area contributed by atoms with Crippen LogP contribution in [0.1, 0.15) is 45.1 Å². The van der Waals surface area contributed by atoms with Crippen molar-refractivity contribution in [1.29, 1.82) is 0 Å². The third-order valence-corrected chi connectivity index (χ3v) is 4.89. The normalized spacial score (nSPS) is 16.2. The van der Waals surface area contributed by atoms with Crippen molar-refractivity contribution >= 4 is 5.96 Å². The SMILES string of the molecule is CCCN1CCC(NC(=NCc2cccc(OCCCOC)c2)NCC)CC1. The minimum Gasteiger partial charge on any atom is -0.493 e. The Morgan fingerprint density at radius 3 is 2.75 bits per heavy atom. The van der Waals surface area contributed by atoms with Gasteiger partial charge in [-0.15, -0.1) is 0 Å². The van der Waals surface area contributed by atoms with Crippen molar-refractivity contribution in [3.8, 4) is 5.75 Å². The second-order valence-corrected chi connectivity index (χ2v) is 7.30. The molecule has 0 unspecified atom stereocenters. The van der Waals surface area contributed by atoms with Crippen molar-refractivity contribution < 1.29 is 9.47 Å². The van der Waals surface area contributed by atoms with E-state index in [1.807, 2.05) is 12.1 Å². The molecule has 1 aliphatic rings. The van der Waals surface area contributed by atoms with E-state index in [1.54, 1.807) is 7.11 Å². The van der Waals surface area contributed by atoms with Crippen LogP contribution in [0, 0.1) is 0 Å². The fourth-order valence-electron chi connectivity index (χ4n) is 3.43. The number of piperidine rings is 1. The second kappa shape index (κ2) is 13.4. The molecule has 0 aliphatic carbocycles. The smallest absolute Gasteiger partial charge is 0.191 e. The molecule has 1 aromatic rings. The van der Waals surface area contributed by atoms with Gasteiger partial charge in [0.25, 0.3) is 0 Å². The van der Waals surface area contributed by atoms with Crippen LogP contribution < -0.4 is 15.4 Å². The van der Waals surface area contributed by atoms with Gasteiger partial charge in [-0.1, -0.05) is 19.1 Å². The molecule has 0 saturated carbocycles. The standard InChI is InChI=1S/C22H38N4O2/c1-4-12-26-13-10-20(11-14-26)25-22(23-5-2)24-18-19-8-6-9-21(17-19)28-16-7-15-27-3/h6,8-9,17,20H,4-5,7,10-16,18H2,1-3H3,(H2,23,24,25). The lowest BCUT2D eigenvalue weighted by Gasteiger charge is -2.32. The Balaban J connectivity index is 1.84. The highest BCUT2D eigenvalue weighted by atomic mass is 16.5. The van der Waals surface area contributed by atoms with Crippen LogP contribution >= 0.6 is 0 Å². The molecule has 2 rings (SSSR count). The first-order valence-corrected chi connectivity index (χ1v) is 10.7. The molecule has 0 aromatic heterocycles. The monoisotopic (exact) mass is 390 g/mol. The van der Waals surface area contributed by atoms with Crippen molar-refractivity contribution in [1.82, 2.24) is 15.5 Å².